The van der Waals surface area contributed by atoms with Crippen molar-refractivity contribution in [3.63, 3.8) is 0 Å². The Bertz CT molecular complexity index is 814. The van der Waals surface area contributed by atoms with Crippen LogP contribution in [0.4, 0.5) is 0 Å². The van der Waals surface area contributed by atoms with Crippen LogP contribution in [-0.4, -0.2) is 34.9 Å². The molecule has 0 bridgehead atoms. The molecule has 0 atom stereocenters. The zero-order valence-electron chi connectivity index (χ0n) is 14.3. The molecule has 1 N–H and O–H groups in total. The first-order valence-corrected chi connectivity index (χ1v) is 9.25. The van der Waals surface area contributed by atoms with E-state index in [4.69, 9.17) is 4.74 Å². The molecule has 0 radical (unpaired) electrons. The van der Waals surface area contributed by atoms with Crippen LogP contribution in [0.15, 0.2) is 66.2 Å². The first-order chi connectivity index (χ1) is 12.7. The summed E-state index contributed by atoms with van der Waals surface area (Å²) in [5.74, 6) is -0.725. The number of hydrogen-bond acceptors (Lipinski definition) is 4. The van der Waals surface area contributed by atoms with E-state index in [-0.39, 0.29) is 12.5 Å². The number of rotatable bonds is 8. The van der Waals surface area contributed by atoms with Crippen molar-refractivity contribution in [2.24, 2.45) is 0 Å². The molecular weight excluding hydrogens is 348 g/mol. The minimum Gasteiger partial charge on any atom is -0.451 e. The highest BCUT2D eigenvalue weighted by molar-refractivity contribution is 7.09. The Labute approximate surface area is 156 Å². The maximum atomic E-state index is 12.6. The summed E-state index contributed by atoms with van der Waals surface area (Å²) in [4.78, 5) is 30.1. The van der Waals surface area contributed by atoms with Crippen LogP contribution in [0, 0.1) is 0 Å². The van der Waals surface area contributed by atoms with Crippen LogP contribution in [0.25, 0.3) is 0 Å². The molecule has 0 saturated carbocycles. The lowest BCUT2D eigenvalue weighted by Crippen LogP contribution is -2.35. The van der Waals surface area contributed by atoms with E-state index in [9.17, 15) is 9.59 Å². The fraction of sp³-hybridized carbons (Fsp3) is 0.200. The third kappa shape index (κ3) is 5.07. The van der Waals surface area contributed by atoms with Gasteiger partial charge in [0.25, 0.3) is 5.91 Å². The molecule has 0 aliphatic rings. The quantitative estimate of drug-likeness (QED) is 0.619. The first-order valence-electron chi connectivity index (χ1n) is 8.37. The molecule has 3 rings (SSSR count). The molecule has 0 spiro atoms. The molecule has 6 heteroatoms. The van der Waals surface area contributed by atoms with Crippen LogP contribution >= 0.6 is 11.3 Å². The standard InChI is InChI=1S/C20H20N2O3S/c23-19(15-25-20(24)18-9-4-11-21-18)22(14-17-8-5-13-26-17)12-10-16-6-2-1-3-7-16/h1-9,11,13,21H,10,12,14-15H2. The van der Waals surface area contributed by atoms with E-state index in [0.29, 0.717) is 18.8 Å². The second-order valence-electron chi connectivity index (χ2n) is 5.79. The smallest absolute Gasteiger partial charge is 0.355 e. The number of benzene rings is 1. The summed E-state index contributed by atoms with van der Waals surface area (Å²) in [7, 11) is 0. The van der Waals surface area contributed by atoms with Crippen molar-refractivity contribution in [1.82, 2.24) is 9.88 Å². The lowest BCUT2D eigenvalue weighted by atomic mass is 10.1. The Morgan fingerprint density at radius 3 is 2.58 bits per heavy atom. The number of hydrogen-bond donors (Lipinski definition) is 1. The number of thiophene rings is 1. The molecular formula is C20H20N2O3S. The largest absolute Gasteiger partial charge is 0.451 e. The van der Waals surface area contributed by atoms with E-state index in [1.807, 2.05) is 47.8 Å². The van der Waals surface area contributed by atoms with E-state index in [1.54, 1.807) is 34.6 Å². The van der Waals surface area contributed by atoms with Gasteiger partial charge in [0.1, 0.15) is 5.69 Å². The van der Waals surface area contributed by atoms with E-state index >= 15 is 0 Å². The predicted octanol–water partition coefficient (Wildman–Crippen LogP) is 3.50. The summed E-state index contributed by atoms with van der Waals surface area (Å²) in [6.07, 6.45) is 2.39. The SMILES string of the molecule is O=C(OCC(=O)N(CCc1ccccc1)Cc1cccs1)c1ccc[nH]1. The van der Waals surface area contributed by atoms with Crippen molar-refractivity contribution in [3.8, 4) is 0 Å². The van der Waals surface area contributed by atoms with Gasteiger partial charge in [0.15, 0.2) is 6.61 Å². The zero-order chi connectivity index (χ0) is 18.2. The number of nitrogens with zero attached hydrogens (tertiary/aromatic N) is 1. The van der Waals surface area contributed by atoms with E-state index in [2.05, 4.69) is 4.98 Å². The number of ether oxygens (including phenoxy) is 1. The van der Waals surface area contributed by atoms with Crippen LogP contribution in [-0.2, 0) is 22.5 Å². The van der Waals surface area contributed by atoms with Gasteiger partial charge in [-0.15, -0.1) is 11.3 Å². The molecule has 26 heavy (non-hydrogen) atoms. The summed E-state index contributed by atoms with van der Waals surface area (Å²) in [6, 6.07) is 17.3. The molecule has 2 aromatic heterocycles. The first kappa shape index (κ1) is 17.9. The zero-order valence-corrected chi connectivity index (χ0v) is 15.1. The van der Waals surface area contributed by atoms with Crippen LogP contribution in [0.2, 0.25) is 0 Å². The number of aromatic amines is 1. The third-order valence-corrected chi connectivity index (χ3v) is 4.80. The molecule has 5 nitrogen and oxygen atoms in total. The number of carbonyl (C=O) groups is 2. The Morgan fingerprint density at radius 1 is 1.04 bits per heavy atom. The Morgan fingerprint density at radius 2 is 1.88 bits per heavy atom. The van der Waals surface area contributed by atoms with Gasteiger partial charge in [-0.25, -0.2) is 4.79 Å². The molecule has 0 aliphatic heterocycles. The number of amides is 1. The molecule has 1 amide bonds. The van der Waals surface area contributed by atoms with Crippen LogP contribution < -0.4 is 0 Å². The minimum absolute atomic E-state index is 0.200. The Kier molecular flexibility index (Phi) is 6.22. The van der Waals surface area contributed by atoms with Crippen molar-refractivity contribution in [1.29, 1.82) is 0 Å². The molecule has 1 aromatic carbocycles. The molecule has 0 saturated heterocycles. The van der Waals surface area contributed by atoms with Crippen molar-refractivity contribution >= 4 is 23.2 Å². The molecule has 0 unspecified atom stereocenters. The molecule has 0 fully saturated rings. The Hall–Kier alpha value is -2.86. The highest BCUT2D eigenvalue weighted by Crippen LogP contribution is 2.13. The van der Waals surface area contributed by atoms with Gasteiger partial charge in [-0.05, 0) is 35.6 Å². The lowest BCUT2D eigenvalue weighted by Gasteiger charge is -2.22. The van der Waals surface area contributed by atoms with Crippen LogP contribution in [0.1, 0.15) is 20.9 Å². The average molecular weight is 368 g/mol. The van der Waals surface area contributed by atoms with Gasteiger partial charge >= 0.3 is 5.97 Å². The minimum atomic E-state index is -0.525. The fourth-order valence-electron chi connectivity index (χ4n) is 2.54. The van der Waals surface area contributed by atoms with Gasteiger partial charge < -0.3 is 14.6 Å². The van der Waals surface area contributed by atoms with Gasteiger partial charge in [0, 0.05) is 17.6 Å². The highest BCUT2D eigenvalue weighted by atomic mass is 32.1. The van der Waals surface area contributed by atoms with Gasteiger partial charge in [0.05, 0.1) is 6.54 Å². The molecule has 2 heterocycles. The van der Waals surface area contributed by atoms with Crippen molar-refractivity contribution in [2.45, 2.75) is 13.0 Å². The highest BCUT2D eigenvalue weighted by Gasteiger charge is 2.17. The maximum Gasteiger partial charge on any atom is 0.355 e. The number of nitrogens with one attached hydrogen (secondary N) is 1. The number of esters is 1. The summed E-state index contributed by atoms with van der Waals surface area (Å²) in [5, 5.41) is 1.99. The molecule has 134 valence electrons. The topological polar surface area (TPSA) is 62.4 Å². The number of aromatic nitrogens is 1. The predicted molar refractivity (Wildman–Crippen MR) is 101 cm³/mol. The van der Waals surface area contributed by atoms with Crippen LogP contribution in [0.3, 0.4) is 0 Å². The van der Waals surface area contributed by atoms with Crippen molar-refractivity contribution in [3.05, 3.63) is 82.3 Å². The number of carbonyl (C=O) groups excluding carboxylic acids is 2. The van der Waals surface area contributed by atoms with Gasteiger partial charge in [-0.2, -0.15) is 0 Å². The normalized spacial score (nSPS) is 10.5. The summed E-state index contributed by atoms with van der Waals surface area (Å²) >= 11 is 1.61. The van der Waals surface area contributed by atoms with Crippen molar-refractivity contribution in [2.75, 3.05) is 13.2 Å². The monoisotopic (exact) mass is 368 g/mol. The van der Waals surface area contributed by atoms with Crippen LogP contribution in [0.5, 0.6) is 0 Å². The molecule has 0 aliphatic carbocycles. The third-order valence-electron chi connectivity index (χ3n) is 3.94. The van der Waals surface area contributed by atoms with E-state index < -0.39 is 5.97 Å². The van der Waals surface area contributed by atoms with Gasteiger partial charge in [-0.1, -0.05) is 36.4 Å². The summed E-state index contributed by atoms with van der Waals surface area (Å²) in [6.45, 7) is 0.822. The van der Waals surface area contributed by atoms with Gasteiger partial charge in [0.2, 0.25) is 0 Å². The number of H-pyrrole nitrogens is 1. The summed E-state index contributed by atoms with van der Waals surface area (Å²) in [5.41, 5.74) is 1.51. The van der Waals surface area contributed by atoms with Gasteiger partial charge in [-0.3, -0.25) is 4.79 Å². The maximum absolute atomic E-state index is 12.6. The van der Waals surface area contributed by atoms with E-state index in [1.165, 1.54) is 5.56 Å². The average Bonchev–Trinajstić information content (AvgIpc) is 3.37. The van der Waals surface area contributed by atoms with E-state index in [0.717, 1.165) is 11.3 Å². The lowest BCUT2D eigenvalue weighted by molar-refractivity contribution is -0.135. The summed E-state index contributed by atoms with van der Waals surface area (Å²) < 4.78 is 5.14. The second-order valence-corrected chi connectivity index (χ2v) is 6.82. The Balaban J connectivity index is 1.59. The second kappa shape index (κ2) is 9.01. The van der Waals surface area contributed by atoms with Crippen molar-refractivity contribution < 1.29 is 14.3 Å². The molecule has 3 aromatic rings. The fourth-order valence-corrected chi connectivity index (χ4v) is 3.26.